The summed E-state index contributed by atoms with van der Waals surface area (Å²) in [4.78, 5) is 11.2. The van der Waals surface area contributed by atoms with Crippen LogP contribution in [0.1, 0.15) is 12.0 Å². The van der Waals surface area contributed by atoms with Gasteiger partial charge in [0.2, 0.25) is 5.91 Å². The number of benzene rings is 1. The van der Waals surface area contributed by atoms with Crippen molar-refractivity contribution < 1.29 is 18.0 Å². The van der Waals surface area contributed by atoms with Crippen LogP contribution < -0.4 is 5.32 Å². The molecule has 0 aliphatic rings. The van der Waals surface area contributed by atoms with E-state index in [2.05, 4.69) is 21.2 Å². The predicted octanol–water partition coefficient (Wildman–Crippen LogP) is 4.08. The number of amides is 1. The Labute approximate surface area is 109 Å². The molecular formula is C10H8BrClF3NO. The Morgan fingerprint density at radius 1 is 1.41 bits per heavy atom. The maximum Gasteiger partial charge on any atom is 0.416 e. The zero-order valence-corrected chi connectivity index (χ0v) is 10.8. The van der Waals surface area contributed by atoms with E-state index in [-0.39, 0.29) is 17.1 Å². The monoisotopic (exact) mass is 329 g/mol. The van der Waals surface area contributed by atoms with Crippen LogP contribution in [0, 0.1) is 0 Å². The van der Waals surface area contributed by atoms with Gasteiger partial charge in [-0.1, -0.05) is 27.5 Å². The Hall–Kier alpha value is -0.750. The van der Waals surface area contributed by atoms with Crippen LogP contribution in [-0.2, 0) is 11.0 Å². The molecule has 0 heterocycles. The Morgan fingerprint density at radius 3 is 2.59 bits per heavy atom. The molecule has 2 nitrogen and oxygen atoms in total. The highest BCUT2D eigenvalue weighted by Crippen LogP contribution is 2.33. The fourth-order valence-electron chi connectivity index (χ4n) is 1.10. The van der Waals surface area contributed by atoms with Gasteiger partial charge in [0.1, 0.15) is 0 Å². The summed E-state index contributed by atoms with van der Waals surface area (Å²) in [5.41, 5.74) is -0.886. The summed E-state index contributed by atoms with van der Waals surface area (Å²) >= 11 is 8.75. The normalized spacial score (nSPS) is 11.4. The standard InChI is InChI=1S/C10H8BrClF3NO/c11-4-3-9(17)16-8-5-6(10(13,14)15)1-2-7(8)12/h1-2,5H,3-4H2,(H,16,17). The molecule has 0 bridgehead atoms. The van der Waals surface area contributed by atoms with Crippen LogP contribution in [0.4, 0.5) is 18.9 Å². The number of hydrogen-bond donors (Lipinski definition) is 1. The molecular weight excluding hydrogens is 322 g/mol. The zero-order valence-electron chi connectivity index (χ0n) is 8.44. The first-order valence-electron chi connectivity index (χ1n) is 4.57. The largest absolute Gasteiger partial charge is 0.416 e. The van der Waals surface area contributed by atoms with Crippen molar-refractivity contribution in [3.8, 4) is 0 Å². The van der Waals surface area contributed by atoms with Gasteiger partial charge < -0.3 is 5.32 Å². The Bertz CT molecular complexity index is 423. The van der Waals surface area contributed by atoms with Gasteiger partial charge in [0, 0.05) is 11.8 Å². The molecule has 0 saturated heterocycles. The predicted molar refractivity (Wildman–Crippen MR) is 63.5 cm³/mol. The zero-order chi connectivity index (χ0) is 13.1. The first-order valence-corrected chi connectivity index (χ1v) is 6.07. The Morgan fingerprint density at radius 2 is 2.06 bits per heavy atom. The van der Waals surface area contributed by atoms with Gasteiger partial charge >= 0.3 is 6.18 Å². The molecule has 17 heavy (non-hydrogen) atoms. The molecule has 1 amide bonds. The molecule has 0 radical (unpaired) electrons. The lowest BCUT2D eigenvalue weighted by molar-refractivity contribution is -0.137. The molecule has 0 saturated carbocycles. The van der Waals surface area contributed by atoms with Gasteiger partial charge in [0.25, 0.3) is 0 Å². The van der Waals surface area contributed by atoms with Crippen molar-refractivity contribution in [2.45, 2.75) is 12.6 Å². The molecule has 1 N–H and O–H groups in total. The highest BCUT2D eigenvalue weighted by Gasteiger charge is 2.31. The maximum absolute atomic E-state index is 12.4. The van der Waals surface area contributed by atoms with Crippen LogP contribution >= 0.6 is 27.5 Å². The van der Waals surface area contributed by atoms with E-state index < -0.39 is 17.6 Å². The summed E-state index contributed by atoms with van der Waals surface area (Å²) in [5.74, 6) is -0.400. The fourth-order valence-corrected chi connectivity index (χ4v) is 1.62. The summed E-state index contributed by atoms with van der Waals surface area (Å²) in [6.07, 6.45) is -4.30. The number of alkyl halides is 4. The van der Waals surface area contributed by atoms with E-state index in [4.69, 9.17) is 11.6 Å². The van der Waals surface area contributed by atoms with E-state index >= 15 is 0 Å². The Kier molecular flexibility index (Phi) is 4.82. The summed E-state index contributed by atoms with van der Waals surface area (Å²) < 4.78 is 37.3. The second kappa shape index (κ2) is 5.73. The van der Waals surface area contributed by atoms with Crippen LogP contribution in [0.25, 0.3) is 0 Å². The smallest absolute Gasteiger partial charge is 0.325 e. The highest BCUT2D eigenvalue weighted by atomic mass is 79.9. The topological polar surface area (TPSA) is 29.1 Å². The van der Waals surface area contributed by atoms with Crippen molar-refractivity contribution >= 4 is 39.1 Å². The number of nitrogens with one attached hydrogen (secondary N) is 1. The van der Waals surface area contributed by atoms with Crippen LogP contribution in [0.3, 0.4) is 0 Å². The van der Waals surface area contributed by atoms with Gasteiger partial charge in [-0.2, -0.15) is 13.2 Å². The maximum atomic E-state index is 12.4. The van der Waals surface area contributed by atoms with Crippen molar-refractivity contribution in [3.05, 3.63) is 28.8 Å². The van der Waals surface area contributed by atoms with Crippen LogP contribution in [0.5, 0.6) is 0 Å². The number of hydrogen-bond acceptors (Lipinski definition) is 1. The minimum Gasteiger partial charge on any atom is -0.325 e. The lowest BCUT2D eigenvalue weighted by Gasteiger charge is -2.11. The van der Waals surface area contributed by atoms with E-state index in [1.165, 1.54) is 0 Å². The second-order valence-electron chi connectivity index (χ2n) is 3.18. The third kappa shape index (κ3) is 4.20. The molecule has 0 unspecified atom stereocenters. The molecule has 94 valence electrons. The molecule has 0 atom stereocenters. The van der Waals surface area contributed by atoms with Gasteiger partial charge in [0.15, 0.2) is 0 Å². The lowest BCUT2D eigenvalue weighted by Crippen LogP contribution is -2.13. The molecule has 1 aromatic carbocycles. The summed E-state index contributed by atoms with van der Waals surface area (Å²) in [6, 6.07) is 2.78. The molecule has 0 fully saturated rings. The highest BCUT2D eigenvalue weighted by molar-refractivity contribution is 9.09. The number of anilines is 1. The third-order valence-electron chi connectivity index (χ3n) is 1.89. The van der Waals surface area contributed by atoms with Gasteiger partial charge in [-0.05, 0) is 18.2 Å². The molecule has 7 heteroatoms. The minimum atomic E-state index is -4.46. The average Bonchev–Trinajstić information content (AvgIpc) is 2.20. The molecule has 0 spiro atoms. The van der Waals surface area contributed by atoms with Crippen LogP contribution in [0.15, 0.2) is 18.2 Å². The fraction of sp³-hybridized carbons (Fsp3) is 0.300. The van der Waals surface area contributed by atoms with E-state index in [9.17, 15) is 18.0 Å². The number of rotatable bonds is 3. The Balaban J connectivity index is 2.95. The summed E-state index contributed by atoms with van der Waals surface area (Å²) in [6.45, 7) is 0. The van der Waals surface area contributed by atoms with Crippen molar-refractivity contribution in [1.29, 1.82) is 0 Å². The van der Waals surface area contributed by atoms with Gasteiger partial charge in [-0.25, -0.2) is 0 Å². The number of halogens is 5. The van der Waals surface area contributed by atoms with Crippen molar-refractivity contribution in [2.75, 3.05) is 10.6 Å². The van der Waals surface area contributed by atoms with Gasteiger partial charge in [0.05, 0.1) is 16.3 Å². The first kappa shape index (κ1) is 14.3. The molecule has 0 aliphatic carbocycles. The van der Waals surface area contributed by atoms with E-state index in [1.807, 2.05) is 0 Å². The third-order valence-corrected chi connectivity index (χ3v) is 2.62. The average molecular weight is 331 g/mol. The summed E-state index contributed by atoms with van der Waals surface area (Å²) in [7, 11) is 0. The molecule has 1 rings (SSSR count). The number of carbonyl (C=O) groups excluding carboxylic acids is 1. The first-order chi connectivity index (χ1) is 7.84. The SMILES string of the molecule is O=C(CCBr)Nc1cc(C(F)(F)F)ccc1Cl. The lowest BCUT2D eigenvalue weighted by atomic mass is 10.2. The quantitative estimate of drug-likeness (QED) is 0.831. The summed E-state index contributed by atoms with van der Waals surface area (Å²) in [5, 5.41) is 2.82. The van der Waals surface area contributed by atoms with Crippen LogP contribution in [0.2, 0.25) is 5.02 Å². The number of carbonyl (C=O) groups is 1. The molecule has 0 aliphatic heterocycles. The van der Waals surface area contributed by atoms with E-state index in [0.29, 0.717) is 5.33 Å². The van der Waals surface area contributed by atoms with E-state index in [0.717, 1.165) is 18.2 Å². The second-order valence-corrected chi connectivity index (χ2v) is 4.38. The van der Waals surface area contributed by atoms with Crippen molar-refractivity contribution in [3.63, 3.8) is 0 Å². The molecule has 1 aromatic rings. The van der Waals surface area contributed by atoms with Gasteiger partial charge in [-0.3, -0.25) is 4.79 Å². The van der Waals surface area contributed by atoms with E-state index in [1.54, 1.807) is 0 Å². The van der Waals surface area contributed by atoms with Crippen molar-refractivity contribution in [2.24, 2.45) is 0 Å². The minimum absolute atomic E-state index is 0.0348. The molecule has 0 aromatic heterocycles. The van der Waals surface area contributed by atoms with Crippen LogP contribution in [-0.4, -0.2) is 11.2 Å². The van der Waals surface area contributed by atoms with Crippen molar-refractivity contribution in [1.82, 2.24) is 0 Å². The van der Waals surface area contributed by atoms with Gasteiger partial charge in [-0.15, -0.1) is 0 Å².